The number of nitrogens with zero attached hydrogens (tertiary/aromatic N) is 1. The van der Waals surface area contributed by atoms with Crippen molar-refractivity contribution in [1.29, 1.82) is 0 Å². The van der Waals surface area contributed by atoms with E-state index in [1.54, 1.807) is 13.8 Å². The summed E-state index contributed by atoms with van der Waals surface area (Å²) >= 11 is 0. The molecule has 2 aliphatic rings. The second-order valence-electron chi connectivity index (χ2n) is 12.9. The van der Waals surface area contributed by atoms with E-state index in [1.807, 2.05) is 20.8 Å². The summed E-state index contributed by atoms with van der Waals surface area (Å²) in [5.41, 5.74) is 0.0117. The van der Waals surface area contributed by atoms with Crippen LogP contribution >= 0.6 is 0 Å². The van der Waals surface area contributed by atoms with Crippen LogP contribution in [0.25, 0.3) is 0 Å². The molecule has 0 bridgehead atoms. The number of hydrogen-bond acceptors (Lipinski definition) is 3. The van der Waals surface area contributed by atoms with Gasteiger partial charge in [0.15, 0.2) is 0 Å². The number of hydrogen-bond donors (Lipinski definition) is 2. The summed E-state index contributed by atoms with van der Waals surface area (Å²) in [5.74, 6) is 0. The van der Waals surface area contributed by atoms with Gasteiger partial charge in [0.2, 0.25) is 0 Å². The monoisotopic (exact) mass is 507 g/mol. The SMILES string of the molecule is CCCCCCCCCCCCCCC1=C([C@@H](O)[C@]2(C(C)(C)C)COC(C)(C)N2C(=O)O)CCCC1. The van der Waals surface area contributed by atoms with E-state index in [0.29, 0.717) is 0 Å². The third-order valence-corrected chi connectivity index (χ3v) is 8.82. The maximum Gasteiger partial charge on any atom is 0.410 e. The highest BCUT2D eigenvalue weighted by molar-refractivity contribution is 5.68. The van der Waals surface area contributed by atoms with E-state index in [4.69, 9.17) is 4.74 Å². The lowest BCUT2D eigenvalue weighted by Crippen LogP contribution is -2.67. The summed E-state index contributed by atoms with van der Waals surface area (Å²) in [5, 5.41) is 22.1. The number of carbonyl (C=O) groups is 1. The molecule has 0 unspecified atom stereocenters. The predicted octanol–water partition coefficient (Wildman–Crippen LogP) is 8.84. The van der Waals surface area contributed by atoms with E-state index in [2.05, 4.69) is 6.92 Å². The Labute approximate surface area is 222 Å². The van der Waals surface area contributed by atoms with Crippen LogP contribution in [0.2, 0.25) is 0 Å². The number of amides is 1. The minimum Gasteiger partial charge on any atom is -0.465 e. The molecule has 5 heteroatoms. The average Bonchev–Trinajstić information content (AvgIpc) is 3.12. The molecule has 36 heavy (non-hydrogen) atoms. The molecule has 1 heterocycles. The standard InChI is InChI=1S/C31H57NO4/c1-7-8-9-10-11-12-13-14-15-16-17-18-21-25-22-19-20-23-26(25)27(33)31(29(2,3)4)24-36-30(5,6)32(31)28(34)35/h27,33H,7-24H2,1-6H3,(H,34,35)/t27-,31+/m1/s1. The molecule has 210 valence electrons. The number of unbranched alkanes of at least 4 members (excludes halogenated alkanes) is 11. The van der Waals surface area contributed by atoms with Crippen molar-refractivity contribution in [3.8, 4) is 0 Å². The van der Waals surface area contributed by atoms with Gasteiger partial charge in [-0.05, 0) is 63.4 Å². The van der Waals surface area contributed by atoms with Crippen LogP contribution in [0.5, 0.6) is 0 Å². The number of rotatable bonds is 15. The third kappa shape index (κ3) is 7.72. The zero-order valence-electron chi connectivity index (χ0n) is 24.5. The first-order valence-corrected chi connectivity index (χ1v) is 15.0. The second-order valence-corrected chi connectivity index (χ2v) is 12.9. The summed E-state index contributed by atoms with van der Waals surface area (Å²) < 4.78 is 6.04. The number of carboxylic acid groups (broad SMARTS) is 1. The first kappa shape index (κ1) is 31.1. The number of allylic oxidation sites excluding steroid dienone is 1. The number of aliphatic hydroxyl groups excluding tert-OH is 1. The van der Waals surface area contributed by atoms with Crippen molar-refractivity contribution in [3.05, 3.63) is 11.1 Å². The predicted molar refractivity (Wildman–Crippen MR) is 149 cm³/mol. The first-order valence-electron chi connectivity index (χ1n) is 15.0. The van der Waals surface area contributed by atoms with E-state index in [0.717, 1.165) is 44.1 Å². The summed E-state index contributed by atoms with van der Waals surface area (Å²) in [6.45, 7) is 12.2. The van der Waals surface area contributed by atoms with Crippen molar-refractivity contribution in [1.82, 2.24) is 4.90 Å². The van der Waals surface area contributed by atoms with Crippen molar-refractivity contribution >= 4 is 6.09 Å². The molecule has 2 N–H and O–H groups in total. The third-order valence-electron chi connectivity index (χ3n) is 8.82. The molecule has 1 amide bonds. The highest BCUT2D eigenvalue weighted by atomic mass is 16.5. The van der Waals surface area contributed by atoms with E-state index in [9.17, 15) is 15.0 Å². The van der Waals surface area contributed by atoms with E-state index in [1.165, 1.54) is 81.1 Å². The Balaban J connectivity index is 1.95. The average molecular weight is 508 g/mol. The molecule has 1 aliphatic carbocycles. The maximum absolute atomic E-state index is 12.5. The smallest absolute Gasteiger partial charge is 0.410 e. The van der Waals surface area contributed by atoms with Gasteiger partial charge in [0.1, 0.15) is 17.4 Å². The Hall–Kier alpha value is -1.07. The quantitative estimate of drug-likeness (QED) is 0.171. The largest absolute Gasteiger partial charge is 0.465 e. The van der Waals surface area contributed by atoms with Gasteiger partial charge in [0.25, 0.3) is 0 Å². The first-order chi connectivity index (χ1) is 17.0. The van der Waals surface area contributed by atoms with Crippen LogP contribution in [-0.4, -0.2) is 45.2 Å². The molecule has 1 aliphatic heterocycles. The number of aliphatic hydroxyl groups is 1. The van der Waals surface area contributed by atoms with Crippen LogP contribution in [0.1, 0.15) is 151 Å². The minimum absolute atomic E-state index is 0.215. The Morgan fingerprint density at radius 2 is 1.42 bits per heavy atom. The van der Waals surface area contributed by atoms with Crippen molar-refractivity contribution in [2.75, 3.05) is 6.61 Å². The summed E-state index contributed by atoms with van der Waals surface area (Å²) in [6, 6.07) is 0. The molecule has 0 spiro atoms. The van der Waals surface area contributed by atoms with Gasteiger partial charge in [0.05, 0.1) is 6.61 Å². The Morgan fingerprint density at radius 3 is 1.92 bits per heavy atom. The van der Waals surface area contributed by atoms with E-state index >= 15 is 0 Å². The summed E-state index contributed by atoms with van der Waals surface area (Å²) in [4.78, 5) is 13.9. The Kier molecular flexibility index (Phi) is 12.3. The zero-order valence-corrected chi connectivity index (χ0v) is 24.5. The van der Waals surface area contributed by atoms with Crippen LogP contribution in [0.3, 0.4) is 0 Å². The molecule has 0 aromatic rings. The molecule has 0 saturated carbocycles. The molecule has 2 rings (SSSR count). The molecule has 0 aromatic heterocycles. The minimum atomic E-state index is -1.02. The highest BCUT2D eigenvalue weighted by Gasteiger charge is 2.64. The van der Waals surface area contributed by atoms with Gasteiger partial charge in [-0.3, -0.25) is 4.90 Å². The van der Waals surface area contributed by atoms with Crippen LogP contribution in [0, 0.1) is 5.41 Å². The highest BCUT2D eigenvalue weighted by Crippen LogP contribution is 2.51. The van der Waals surface area contributed by atoms with Crippen molar-refractivity contribution in [3.63, 3.8) is 0 Å². The topological polar surface area (TPSA) is 70.0 Å². The normalized spacial score (nSPS) is 23.4. The van der Waals surface area contributed by atoms with Gasteiger partial charge in [-0.15, -0.1) is 0 Å². The second kappa shape index (κ2) is 14.2. The van der Waals surface area contributed by atoms with E-state index in [-0.39, 0.29) is 6.61 Å². The molecule has 1 saturated heterocycles. The summed E-state index contributed by atoms with van der Waals surface area (Å²) in [6.07, 6.45) is 19.3. The molecule has 0 aromatic carbocycles. The van der Waals surface area contributed by atoms with Crippen molar-refractivity contribution in [2.45, 2.75) is 168 Å². The summed E-state index contributed by atoms with van der Waals surface area (Å²) in [7, 11) is 0. The van der Waals surface area contributed by atoms with Crippen LogP contribution in [0.4, 0.5) is 4.79 Å². The maximum atomic E-state index is 12.5. The van der Waals surface area contributed by atoms with Gasteiger partial charge < -0.3 is 14.9 Å². The van der Waals surface area contributed by atoms with Gasteiger partial charge in [-0.25, -0.2) is 4.79 Å². The Bertz CT molecular complexity index is 708. The zero-order chi connectivity index (χ0) is 26.8. The lowest BCUT2D eigenvalue weighted by molar-refractivity contribution is -0.0833. The van der Waals surface area contributed by atoms with Crippen LogP contribution in [0.15, 0.2) is 11.1 Å². The fraction of sp³-hybridized carbons (Fsp3) is 0.903. The van der Waals surface area contributed by atoms with Crippen LogP contribution in [-0.2, 0) is 4.74 Å². The van der Waals surface area contributed by atoms with Gasteiger partial charge >= 0.3 is 6.09 Å². The van der Waals surface area contributed by atoms with Crippen molar-refractivity contribution < 1.29 is 19.7 Å². The van der Waals surface area contributed by atoms with Gasteiger partial charge in [-0.2, -0.15) is 0 Å². The molecular weight excluding hydrogens is 450 g/mol. The van der Waals surface area contributed by atoms with Crippen molar-refractivity contribution in [2.24, 2.45) is 5.41 Å². The number of ether oxygens (including phenoxy) is 1. The van der Waals surface area contributed by atoms with E-state index < -0.39 is 28.9 Å². The molecule has 5 nitrogen and oxygen atoms in total. The lowest BCUT2D eigenvalue weighted by Gasteiger charge is -2.51. The lowest BCUT2D eigenvalue weighted by atomic mass is 9.66. The van der Waals surface area contributed by atoms with Crippen LogP contribution < -0.4 is 0 Å². The molecular formula is C31H57NO4. The fourth-order valence-electron chi connectivity index (χ4n) is 6.53. The molecule has 0 radical (unpaired) electrons. The fourth-order valence-corrected chi connectivity index (χ4v) is 6.53. The molecule has 2 atom stereocenters. The van der Waals surface area contributed by atoms with Gasteiger partial charge in [-0.1, -0.05) is 104 Å². The van der Waals surface area contributed by atoms with Gasteiger partial charge in [0, 0.05) is 0 Å². The Morgan fingerprint density at radius 1 is 0.917 bits per heavy atom. The molecule has 1 fully saturated rings.